The van der Waals surface area contributed by atoms with Gasteiger partial charge in [-0.2, -0.15) is 4.31 Å². The zero-order valence-electron chi connectivity index (χ0n) is 12.2. The van der Waals surface area contributed by atoms with Crippen molar-refractivity contribution >= 4 is 39.9 Å². The van der Waals surface area contributed by atoms with Gasteiger partial charge >= 0.3 is 0 Å². The Hall–Kier alpha value is -0.860. The third-order valence-corrected chi connectivity index (χ3v) is 5.77. The Balaban J connectivity index is 0.00000242. The van der Waals surface area contributed by atoms with Gasteiger partial charge < -0.3 is 10.2 Å². The highest BCUT2D eigenvalue weighted by molar-refractivity contribution is 7.89. The van der Waals surface area contributed by atoms with Crippen molar-refractivity contribution in [2.75, 3.05) is 39.8 Å². The monoisotopic (exact) mass is 367 g/mol. The number of piperazine rings is 1. The molecule has 1 heterocycles. The maximum atomic E-state index is 12.5. The van der Waals surface area contributed by atoms with E-state index in [-0.39, 0.29) is 47.9 Å². The number of carbonyl (C=O) groups excluding carboxylic acids is 1. The van der Waals surface area contributed by atoms with E-state index in [9.17, 15) is 13.2 Å². The zero-order chi connectivity index (χ0) is 15.5. The summed E-state index contributed by atoms with van der Waals surface area (Å²) in [6, 6.07) is 6.39. The van der Waals surface area contributed by atoms with E-state index in [0.29, 0.717) is 13.1 Å². The topological polar surface area (TPSA) is 69.7 Å². The lowest BCUT2D eigenvalue weighted by Gasteiger charge is -2.34. The Labute approximate surface area is 141 Å². The molecule has 1 N–H and O–H groups in total. The maximum Gasteiger partial charge on any atom is 0.244 e. The van der Waals surface area contributed by atoms with Gasteiger partial charge in [0.2, 0.25) is 15.9 Å². The van der Waals surface area contributed by atoms with Crippen LogP contribution in [-0.2, 0) is 14.8 Å². The van der Waals surface area contributed by atoms with Gasteiger partial charge in [-0.3, -0.25) is 4.79 Å². The number of sulfonamides is 1. The first-order chi connectivity index (χ1) is 9.96. The standard InChI is InChI=1S/C13H18ClN3O3S.ClH/c1-15-10-13(18)16-6-8-17(9-7-16)21(19,20)12-5-3-2-4-11(12)14;/h2-5,15H,6-10H2,1H3;1H. The van der Waals surface area contributed by atoms with Crippen LogP contribution >= 0.6 is 24.0 Å². The molecule has 1 aliphatic rings. The van der Waals surface area contributed by atoms with Crippen LogP contribution in [0.5, 0.6) is 0 Å². The molecule has 1 aromatic carbocycles. The number of carbonyl (C=O) groups is 1. The second-order valence-electron chi connectivity index (χ2n) is 4.75. The zero-order valence-corrected chi connectivity index (χ0v) is 14.5. The molecule has 1 saturated heterocycles. The quantitative estimate of drug-likeness (QED) is 0.854. The maximum absolute atomic E-state index is 12.5. The van der Waals surface area contributed by atoms with Crippen LogP contribution in [0, 0.1) is 0 Å². The lowest BCUT2D eigenvalue weighted by atomic mass is 10.3. The first-order valence-corrected chi connectivity index (χ1v) is 8.45. The van der Waals surface area contributed by atoms with Crippen molar-refractivity contribution in [2.24, 2.45) is 0 Å². The normalized spacial score (nSPS) is 16.2. The van der Waals surface area contributed by atoms with Crippen LogP contribution in [0.15, 0.2) is 29.2 Å². The summed E-state index contributed by atoms with van der Waals surface area (Å²) in [4.78, 5) is 13.5. The molecule has 0 bridgehead atoms. The van der Waals surface area contributed by atoms with Crippen LogP contribution < -0.4 is 5.32 Å². The van der Waals surface area contributed by atoms with Crippen molar-refractivity contribution in [1.82, 2.24) is 14.5 Å². The first kappa shape index (κ1) is 19.2. The van der Waals surface area contributed by atoms with Gasteiger partial charge in [-0.05, 0) is 19.2 Å². The number of rotatable bonds is 4. The van der Waals surface area contributed by atoms with E-state index in [1.807, 2.05) is 0 Å². The molecular formula is C13H19Cl2N3O3S. The van der Waals surface area contributed by atoms with Crippen LogP contribution in [0.25, 0.3) is 0 Å². The average Bonchev–Trinajstić information content (AvgIpc) is 2.48. The third-order valence-electron chi connectivity index (χ3n) is 3.37. The van der Waals surface area contributed by atoms with Crippen molar-refractivity contribution in [1.29, 1.82) is 0 Å². The van der Waals surface area contributed by atoms with Gasteiger partial charge in [-0.25, -0.2) is 8.42 Å². The molecule has 2 rings (SSSR count). The minimum Gasteiger partial charge on any atom is -0.339 e. The highest BCUT2D eigenvalue weighted by Gasteiger charge is 2.30. The summed E-state index contributed by atoms with van der Waals surface area (Å²) < 4.78 is 26.4. The van der Waals surface area contributed by atoms with Crippen LogP contribution in [0.2, 0.25) is 5.02 Å². The Bertz CT molecular complexity index is 617. The average molecular weight is 368 g/mol. The molecular weight excluding hydrogens is 349 g/mol. The smallest absolute Gasteiger partial charge is 0.244 e. The number of halogens is 2. The largest absolute Gasteiger partial charge is 0.339 e. The Morgan fingerprint density at radius 1 is 1.23 bits per heavy atom. The molecule has 22 heavy (non-hydrogen) atoms. The van der Waals surface area contributed by atoms with E-state index in [1.54, 1.807) is 30.1 Å². The van der Waals surface area contributed by atoms with Crippen molar-refractivity contribution in [3.05, 3.63) is 29.3 Å². The Morgan fingerprint density at radius 3 is 2.36 bits per heavy atom. The summed E-state index contributed by atoms with van der Waals surface area (Å²) in [5.74, 6) is -0.0210. The van der Waals surface area contributed by atoms with Crippen molar-refractivity contribution in [3.8, 4) is 0 Å². The number of nitrogens with zero attached hydrogens (tertiary/aromatic N) is 2. The van der Waals surface area contributed by atoms with Crippen LogP contribution in [-0.4, -0.2) is 63.3 Å². The fraction of sp³-hybridized carbons (Fsp3) is 0.462. The van der Waals surface area contributed by atoms with E-state index in [2.05, 4.69) is 5.32 Å². The minimum absolute atomic E-state index is 0. The fourth-order valence-electron chi connectivity index (χ4n) is 2.23. The van der Waals surface area contributed by atoms with E-state index in [0.717, 1.165) is 0 Å². The van der Waals surface area contributed by atoms with Crippen LogP contribution in [0.1, 0.15) is 0 Å². The van der Waals surface area contributed by atoms with Gasteiger partial charge in [0.05, 0.1) is 11.6 Å². The summed E-state index contributed by atoms with van der Waals surface area (Å²) in [6.45, 7) is 1.61. The molecule has 124 valence electrons. The number of hydrogen-bond donors (Lipinski definition) is 1. The highest BCUT2D eigenvalue weighted by atomic mass is 35.5. The van der Waals surface area contributed by atoms with Crippen molar-refractivity contribution in [2.45, 2.75) is 4.90 Å². The van der Waals surface area contributed by atoms with Gasteiger partial charge in [0, 0.05) is 26.2 Å². The summed E-state index contributed by atoms with van der Waals surface area (Å²) in [6.07, 6.45) is 0. The molecule has 9 heteroatoms. The SMILES string of the molecule is CNCC(=O)N1CCN(S(=O)(=O)c2ccccc2Cl)CC1.Cl. The van der Waals surface area contributed by atoms with Gasteiger partial charge in [0.25, 0.3) is 0 Å². The number of benzene rings is 1. The molecule has 1 fully saturated rings. The number of amides is 1. The van der Waals surface area contributed by atoms with Crippen molar-refractivity contribution < 1.29 is 13.2 Å². The van der Waals surface area contributed by atoms with E-state index in [1.165, 1.54) is 10.4 Å². The first-order valence-electron chi connectivity index (χ1n) is 6.64. The highest BCUT2D eigenvalue weighted by Crippen LogP contribution is 2.24. The van der Waals surface area contributed by atoms with E-state index < -0.39 is 10.0 Å². The summed E-state index contributed by atoms with van der Waals surface area (Å²) in [5.41, 5.74) is 0. The predicted molar refractivity (Wildman–Crippen MR) is 88.0 cm³/mol. The lowest BCUT2D eigenvalue weighted by Crippen LogP contribution is -2.52. The molecule has 0 saturated carbocycles. The second-order valence-corrected chi connectivity index (χ2v) is 7.06. The van der Waals surface area contributed by atoms with Crippen molar-refractivity contribution in [3.63, 3.8) is 0 Å². The molecule has 0 aromatic heterocycles. The summed E-state index contributed by atoms with van der Waals surface area (Å²) in [5, 5.41) is 3.01. The molecule has 0 spiro atoms. The molecule has 0 atom stereocenters. The van der Waals surface area contributed by atoms with E-state index in [4.69, 9.17) is 11.6 Å². The molecule has 1 aliphatic heterocycles. The fourth-order valence-corrected chi connectivity index (χ4v) is 4.15. The van der Waals surface area contributed by atoms with Gasteiger partial charge in [-0.1, -0.05) is 23.7 Å². The molecule has 1 aromatic rings. The second kappa shape index (κ2) is 8.12. The predicted octanol–water partition coefficient (Wildman–Crippen LogP) is 0.814. The molecule has 0 aliphatic carbocycles. The van der Waals surface area contributed by atoms with Gasteiger partial charge in [0.15, 0.2) is 0 Å². The lowest BCUT2D eigenvalue weighted by molar-refractivity contribution is -0.131. The Kier molecular flexibility index (Phi) is 7.08. The van der Waals surface area contributed by atoms with Gasteiger partial charge in [-0.15, -0.1) is 12.4 Å². The van der Waals surface area contributed by atoms with Crippen LogP contribution in [0.3, 0.4) is 0 Å². The Morgan fingerprint density at radius 2 is 1.82 bits per heavy atom. The summed E-state index contributed by atoms with van der Waals surface area (Å²) in [7, 11) is -1.90. The van der Waals surface area contributed by atoms with Gasteiger partial charge in [0.1, 0.15) is 4.90 Å². The number of hydrogen-bond acceptors (Lipinski definition) is 4. The van der Waals surface area contributed by atoms with E-state index >= 15 is 0 Å². The molecule has 0 unspecified atom stereocenters. The number of nitrogens with one attached hydrogen (secondary N) is 1. The minimum atomic E-state index is -3.61. The molecule has 0 radical (unpaired) electrons. The molecule has 1 amide bonds. The number of likely N-dealkylation sites (N-methyl/N-ethyl adjacent to an activating group) is 1. The summed E-state index contributed by atoms with van der Waals surface area (Å²) >= 11 is 5.97. The van der Waals surface area contributed by atoms with Crippen LogP contribution in [0.4, 0.5) is 0 Å². The molecule has 6 nitrogen and oxygen atoms in total. The third kappa shape index (κ3) is 4.11.